The zero-order valence-corrected chi connectivity index (χ0v) is 6.92. The molecule has 11 heavy (non-hydrogen) atoms. The van der Waals surface area contributed by atoms with Crippen LogP contribution >= 0.6 is 0 Å². The highest BCUT2D eigenvalue weighted by Gasteiger charge is 2.39. The Hall–Kier alpha value is -0.570. The fourth-order valence-electron chi connectivity index (χ4n) is 1.95. The van der Waals surface area contributed by atoms with Gasteiger partial charge < -0.3 is 0 Å². The number of carbonyl (C=O) groups excluding carboxylic acids is 1. The zero-order valence-electron chi connectivity index (χ0n) is 6.92. The van der Waals surface area contributed by atoms with E-state index in [0.29, 0.717) is 5.91 Å². The molecule has 0 radical (unpaired) electrons. The van der Waals surface area contributed by atoms with Crippen LogP contribution in [0, 0.1) is 5.92 Å². The van der Waals surface area contributed by atoms with Crippen molar-refractivity contribution in [2.45, 2.75) is 19.8 Å². The highest BCUT2D eigenvalue weighted by Crippen LogP contribution is 2.24. The molecule has 0 bridgehead atoms. The molecule has 62 valence electrons. The van der Waals surface area contributed by atoms with Gasteiger partial charge in [-0.15, -0.1) is 0 Å². The van der Waals surface area contributed by atoms with Gasteiger partial charge in [0.1, 0.15) is 0 Å². The van der Waals surface area contributed by atoms with E-state index in [1.807, 2.05) is 5.01 Å². The Morgan fingerprint density at radius 1 is 1.55 bits per heavy atom. The number of hydrazine groups is 1. The average molecular weight is 154 g/mol. The van der Waals surface area contributed by atoms with E-state index in [2.05, 4.69) is 11.9 Å². The maximum Gasteiger partial charge on any atom is 0.241 e. The number of hydrogen-bond donors (Lipinski definition) is 0. The van der Waals surface area contributed by atoms with E-state index in [0.717, 1.165) is 32.5 Å². The molecule has 3 nitrogen and oxygen atoms in total. The molecule has 0 aromatic carbocycles. The molecule has 2 rings (SSSR count). The van der Waals surface area contributed by atoms with E-state index in [1.54, 1.807) is 0 Å². The first-order valence-electron chi connectivity index (χ1n) is 4.39. The average Bonchev–Trinajstić information content (AvgIpc) is 2.53. The third-order valence-corrected chi connectivity index (χ3v) is 2.66. The van der Waals surface area contributed by atoms with Crippen LogP contribution in [0.5, 0.6) is 0 Å². The topological polar surface area (TPSA) is 23.6 Å². The second kappa shape index (κ2) is 2.48. The van der Waals surface area contributed by atoms with E-state index in [9.17, 15) is 4.79 Å². The van der Waals surface area contributed by atoms with Gasteiger partial charge in [-0.3, -0.25) is 9.80 Å². The van der Waals surface area contributed by atoms with Gasteiger partial charge in [0.25, 0.3) is 0 Å². The normalized spacial score (nSPS) is 31.5. The summed E-state index contributed by atoms with van der Waals surface area (Å²) >= 11 is 0. The molecule has 0 aliphatic carbocycles. The predicted octanol–water partition coefficient (Wildman–Crippen LogP) is 0.476. The quantitative estimate of drug-likeness (QED) is 0.548. The summed E-state index contributed by atoms with van der Waals surface area (Å²) in [5, 5.41) is 4.12. The van der Waals surface area contributed by atoms with Crippen LogP contribution in [0.4, 0.5) is 0 Å². The summed E-state index contributed by atoms with van der Waals surface area (Å²) in [5.41, 5.74) is 0. The van der Waals surface area contributed by atoms with Gasteiger partial charge in [0, 0.05) is 19.6 Å². The lowest BCUT2D eigenvalue weighted by Crippen LogP contribution is -2.32. The molecule has 1 unspecified atom stereocenters. The molecule has 2 saturated heterocycles. The van der Waals surface area contributed by atoms with E-state index in [-0.39, 0.29) is 5.92 Å². The second-order valence-corrected chi connectivity index (χ2v) is 3.33. The molecule has 2 fully saturated rings. The number of hydrogen-bond acceptors (Lipinski definition) is 2. The standard InChI is InChI=1S/C8H14N2O/c1-2-7-6-9-4-3-5-10(9)8(7)11/h7H,2-6H2,1H3. The van der Waals surface area contributed by atoms with Crippen LogP contribution in [0.2, 0.25) is 0 Å². The van der Waals surface area contributed by atoms with Crippen LogP contribution in [-0.2, 0) is 4.79 Å². The molecule has 1 atom stereocenters. The SMILES string of the molecule is CCC1CN2CCCN2C1=O. The van der Waals surface area contributed by atoms with E-state index >= 15 is 0 Å². The number of rotatable bonds is 1. The van der Waals surface area contributed by atoms with Crippen molar-refractivity contribution in [1.29, 1.82) is 0 Å². The lowest BCUT2D eigenvalue weighted by molar-refractivity contribution is -0.136. The molecule has 2 heterocycles. The molecule has 3 heteroatoms. The Bertz CT molecular complexity index is 181. The summed E-state index contributed by atoms with van der Waals surface area (Å²) in [6.07, 6.45) is 2.15. The number of amides is 1. The molecular formula is C8H14N2O. The number of carbonyl (C=O) groups is 1. The fourth-order valence-corrected chi connectivity index (χ4v) is 1.95. The summed E-state index contributed by atoms with van der Waals surface area (Å²) in [7, 11) is 0. The Balaban J connectivity index is 2.10. The first kappa shape index (κ1) is 7.10. The minimum absolute atomic E-state index is 0.287. The van der Waals surface area contributed by atoms with Crippen molar-refractivity contribution in [3.8, 4) is 0 Å². The van der Waals surface area contributed by atoms with Crippen molar-refractivity contribution < 1.29 is 4.79 Å². The zero-order chi connectivity index (χ0) is 7.84. The number of nitrogens with zero attached hydrogens (tertiary/aromatic N) is 2. The smallest absolute Gasteiger partial charge is 0.241 e. The Kier molecular flexibility index (Phi) is 1.60. The third-order valence-electron chi connectivity index (χ3n) is 2.66. The summed E-state index contributed by atoms with van der Waals surface area (Å²) in [6.45, 7) is 5.10. The minimum Gasteiger partial charge on any atom is -0.275 e. The summed E-state index contributed by atoms with van der Waals surface area (Å²) in [6, 6.07) is 0. The first-order chi connectivity index (χ1) is 5.33. The lowest BCUT2D eigenvalue weighted by atomic mass is 10.1. The van der Waals surface area contributed by atoms with Gasteiger partial charge >= 0.3 is 0 Å². The maximum absolute atomic E-state index is 11.5. The Morgan fingerprint density at radius 2 is 2.36 bits per heavy atom. The predicted molar refractivity (Wildman–Crippen MR) is 41.7 cm³/mol. The van der Waals surface area contributed by atoms with Gasteiger partial charge in [-0.05, 0) is 12.8 Å². The van der Waals surface area contributed by atoms with Crippen molar-refractivity contribution in [2.75, 3.05) is 19.6 Å². The molecule has 2 aliphatic rings. The molecule has 0 N–H and O–H groups in total. The Morgan fingerprint density at radius 3 is 3.00 bits per heavy atom. The highest BCUT2D eigenvalue weighted by molar-refractivity contribution is 5.80. The van der Waals surface area contributed by atoms with Gasteiger partial charge in [-0.2, -0.15) is 0 Å². The molecule has 0 aromatic rings. The maximum atomic E-state index is 11.5. The molecule has 0 saturated carbocycles. The van der Waals surface area contributed by atoms with Gasteiger partial charge in [0.2, 0.25) is 5.91 Å². The van der Waals surface area contributed by atoms with Crippen molar-refractivity contribution in [3.05, 3.63) is 0 Å². The van der Waals surface area contributed by atoms with Gasteiger partial charge in [0.15, 0.2) is 0 Å². The van der Waals surface area contributed by atoms with Gasteiger partial charge in [0.05, 0.1) is 5.92 Å². The minimum atomic E-state index is 0.287. The van der Waals surface area contributed by atoms with Crippen molar-refractivity contribution in [3.63, 3.8) is 0 Å². The summed E-state index contributed by atoms with van der Waals surface area (Å²) in [5.74, 6) is 0.639. The first-order valence-corrected chi connectivity index (χ1v) is 4.39. The molecule has 0 spiro atoms. The third kappa shape index (κ3) is 0.948. The van der Waals surface area contributed by atoms with Gasteiger partial charge in [-0.1, -0.05) is 6.92 Å². The van der Waals surface area contributed by atoms with E-state index < -0.39 is 0 Å². The van der Waals surface area contributed by atoms with Crippen LogP contribution in [-0.4, -0.2) is 35.6 Å². The number of fused-ring (bicyclic) bond motifs is 1. The van der Waals surface area contributed by atoms with E-state index in [4.69, 9.17) is 0 Å². The van der Waals surface area contributed by atoms with E-state index in [1.165, 1.54) is 0 Å². The van der Waals surface area contributed by atoms with Crippen LogP contribution in [0.1, 0.15) is 19.8 Å². The molecule has 1 amide bonds. The van der Waals surface area contributed by atoms with Gasteiger partial charge in [-0.25, -0.2) is 5.01 Å². The monoisotopic (exact) mass is 154 g/mol. The molecule has 0 aromatic heterocycles. The lowest BCUT2D eigenvalue weighted by Gasteiger charge is -2.16. The highest BCUT2D eigenvalue weighted by atomic mass is 16.2. The van der Waals surface area contributed by atoms with Crippen molar-refractivity contribution in [1.82, 2.24) is 10.0 Å². The van der Waals surface area contributed by atoms with Crippen LogP contribution in [0.25, 0.3) is 0 Å². The van der Waals surface area contributed by atoms with Crippen LogP contribution in [0.15, 0.2) is 0 Å². The van der Waals surface area contributed by atoms with Crippen molar-refractivity contribution in [2.24, 2.45) is 5.92 Å². The molecular weight excluding hydrogens is 140 g/mol. The summed E-state index contributed by atoms with van der Waals surface area (Å²) in [4.78, 5) is 11.5. The van der Waals surface area contributed by atoms with Crippen molar-refractivity contribution >= 4 is 5.91 Å². The summed E-state index contributed by atoms with van der Waals surface area (Å²) < 4.78 is 0. The fraction of sp³-hybridized carbons (Fsp3) is 0.875. The van der Waals surface area contributed by atoms with Crippen LogP contribution in [0.3, 0.4) is 0 Å². The molecule has 2 aliphatic heterocycles. The Labute approximate surface area is 66.9 Å². The largest absolute Gasteiger partial charge is 0.275 e. The van der Waals surface area contributed by atoms with Crippen LogP contribution < -0.4 is 0 Å². The second-order valence-electron chi connectivity index (χ2n) is 3.33.